The second-order valence-corrected chi connectivity index (χ2v) is 7.85. The van der Waals surface area contributed by atoms with E-state index in [0.717, 1.165) is 42.4 Å². The number of carbonyl (C=O) groups is 2. The molecule has 2 atom stereocenters. The third-order valence-corrected chi connectivity index (χ3v) is 6.16. The van der Waals surface area contributed by atoms with Gasteiger partial charge in [0.25, 0.3) is 5.91 Å². The second-order valence-electron chi connectivity index (χ2n) is 7.85. The molecule has 0 spiro atoms. The molecule has 5 heteroatoms. The van der Waals surface area contributed by atoms with E-state index < -0.39 is 0 Å². The molecule has 1 aromatic carbocycles. The number of rotatable bonds is 6. The predicted octanol–water partition coefficient (Wildman–Crippen LogP) is 2.84. The number of aryl methyl sites for hydroxylation is 2. The zero-order chi connectivity index (χ0) is 18.7. The molecular weight excluding hydrogens is 328 g/mol. The summed E-state index contributed by atoms with van der Waals surface area (Å²) in [6.07, 6.45) is 4.64. The molecule has 2 amide bonds. The number of nitrogens with one attached hydrogen (secondary N) is 1. The first kappa shape index (κ1) is 18.9. The van der Waals surface area contributed by atoms with Crippen LogP contribution in [0.4, 0.5) is 0 Å². The quantitative estimate of drug-likeness (QED) is 0.851. The molecule has 1 saturated heterocycles. The minimum atomic E-state index is -0.0112. The van der Waals surface area contributed by atoms with Crippen LogP contribution in [0.2, 0.25) is 0 Å². The Morgan fingerprint density at radius 1 is 1.35 bits per heavy atom. The van der Waals surface area contributed by atoms with Crippen LogP contribution in [0.3, 0.4) is 0 Å². The SMILES string of the molecule is COCCN1C(=O)CC[C@]2(CNC(=O)c3ccc(C)cc3C)CCC[C@@H]12. The van der Waals surface area contributed by atoms with Crippen LogP contribution in [0.1, 0.15) is 53.6 Å². The summed E-state index contributed by atoms with van der Waals surface area (Å²) in [6.45, 7) is 5.86. The van der Waals surface area contributed by atoms with Gasteiger partial charge < -0.3 is 15.0 Å². The van der Waals surface area contributed by atoms with Gasteiger partial charge in [-0.2, -0.15) is 0 Å². The number of methoxy groups -OCH3 is 1. The fraction of sp³-hybridized carbons (Fsp3) is 0.619. The van der Waals surface area contributed by atoms with Gasteiger partial charge in [-0.15, -0.1) is 0 Å². The lowest BCUT2D eigenvalue weighted by Crippen LogP contribution is -2.56. The molecule has 5 nitrogen and oxygen atoms in total. The van der Waals surface area contributed by atoms with Gasteiger partial charge in [0.05, 0.1) is 6.61 Å². The molecule has 0 radical (unpaired) electrons. The molecule has 1 heterocycles. The molecule has 0 bridgehead atoms. The number of benzene rings is 1. The maximum atomic E-state index is 12.7. The monoisotopic (exact) mass is 358 g/mol. The Bertz CT molecular complexity index is 688. The van der Waals surface area contributed by atoms with Gasteiger partial charge in [0.2, 0.25) is 5.91 Å². The molecule has 3 rings (SSSR count). The zero-order valence-corrected chi connectivity index (χ0v) is 16.1. The van der Waals surface area contributed by atoms with Crippen molar-refractivity contribution in [1.29, 1.82) is 0 Å². The fourth-order valence-corrected chi connectivity index (χ4v) is 4.76. The van der Waals surface area contributed by atoms with Crippen molar-refractivity contribution in [3.05, 3.63) is 34.9 Å². The first-order valence-electron chi connectivity index (χ1n) is 9.61. The Labute approximate surface area is 156 Å². The highest BCUT2D eigenvalue weighted by atomic mass is 16.5. The number of nitrogens with zero attached hydrogens (tertiary/aromatic N) is 1. The van der Waals surface area contributed by atoms with E-state index in [0.29, 0.717) is 26.1 Å². The normalized spacial score (nSPS) is 25.3. The smallest absolute Gasteiger partial charge is 0.251 e. The lowest BCUT2D eigenvalue weighted by Gasteiger charge is -2.46. The maximum absolute atomic E-state index is 12.7. The summed E-state index contributed by atoms with van der Waals surface area (Å²) in [5.41, 5.74) is 2.91. The largest absolute Gasteiger partial charge is 0.383 e. The summed E-state index contributed by atoms with van der Waals surface area (Å²) in [7, 11) is 1.67. The molecule has 1 saturated carbocycles. The Hall–Kier alpha value is -1.88. The van der Waals surface area contributed by atoms with Crippen molar-refractivity contribution in [3.8, 4) is 0 Å². The first-order chi connectivity index (χ1) is 12.5. The van der Waals surface area contributed by atoms with Gasteiger partial charge in [-0.3, -0.25) is 9.59 Å². The highest BCUT2D eigenvalue weighted by Gasteiger charge is 2.50. The Kier molecular flexibility index (Phi) is 5.66. The van der Waals surface area contributed by atoms with Gasteiger partial charge in [-0.1, -0.05) is 24.1 Å². The van der Waals surface area contributed by atoms with Gasteiger partial charge in [0.15, 0.2) is 0 Å². The van der Waals surface area contributed by atoms with Gasteiger partial charge in [-0.05, 0) is 44.7 Å². The predicted molar refractivity (Wildman–Crippen MR) is 101 cm³/mol. The van der Waals surface area contributed by atoms with Crippen molar-refractivity contribution in [2.24, 2.45) is 5.41 Å². The molecule has 1 N–H and O–H groups in total. The van der Waals surface area contributed by atoms with Crippen molar-refractivity contribution in [2.45, 2.75) is 52.0 Å². The molecule has 1 aliphatic heterocycles. The second kappa shape index (κ2) is 7.78. The van der Waals surface area contributed by atoms with Crippen LogP contribution in [-0.4, -0.2) is 49.6 Å². The highest BCUT2D eigenvalue weighted by Crippen LogP contribution is 2.47. The lowest BCUT2D eigenvalue weighted by molar-refractivity contribution is -0.142. The summed E-state index contributed by atoms with van der Waals surface area (Å²) < 4.78 is 5.19. The molecule has 1 aromatic rings. The van der Waals surface area contributed by atoms with Crippen molar-refractivity contribution >= 4 is 11.8 Å². The van der Waals surface area contributed by atoms with Crippen molar-refractivity contribution in [1.82, 2.24) is 10.2 Å². The van der Waals surface area contributed by atoms with E-state index in [4.69, 9.17) is 4.74 Å². The first-order valence-corrected chi connectivity index (χ1v) is 9.61. The van der Waals surface area contributed by atoms with Crippen LogP contribution < -0.4 is 5.32 Å². The molecule has 0 aromatic heterocycles. The van der Waals surface area contributed by atoms with E-state index in [1.165, 1.54) is 0 Å². The number of hydrogen-bond donors (Lipinski definition) is 1. The van der Waals surface area contributed by atoms with E-state index in [1.807, 2.05) is 36.9 Å². The highest BCUT2D eigenvalue weighted by molar-refractivity contribution is 5.95. The average Bonchev–Trinajstić information content (AvgIpc) is 3.03. The third kappa shape index (κ3) is 3.63. The standard InChI is InChI=1S/C21H30N2O3/c1-15-6-7-17(16(2)13-15)20(25)22-14-21-9-4-5-18(21)23(11-12-26-3)19(24)8-10-21/h6-7,13,18H,4-5,8-12,14H2,1-3H3,(H,22,25)/t18-,21+/m1/s1. The number of ether oxygens (including phenoxy) is 1. The van der Waals surface area contributed by atoms with Gasteiger partial charge in [0.1, 0.15) is 0 Å². The minimum absolute atomic E-state index is 0.00983. The summed E-state index contributed by atoms with van der Waals surface area (Å²) in [6, 6.07) is 6.14. The number of amides is 2. The molecule has 26 heavy (non-hydrogen) atoms. The summed E-state index contributed by atoms with van der Waals surface area (Å²) in [5, 5.41) is 3.17. The number of likely N-dealkylation sites (tertiary alicyclic amines) is 1. The van der Waals surface area contributed by atoms with Gasteiger partial charge in [0, 0.05) is 43.6 Å². The third-order valence-electron chi connectivity index (χ3n) is 6.16. The maximum Gasteiger partial charge on any atom is 0.251 e. The molecule has 2 fully saturated rings. The van der Waals surface area contributed by atoms with Crippen LogP contribution in [0.5, 0.6) is 0 Å². The van der Waals surface area contributed by atoms with Gasteiger partial charge >= 0.3 is 0 Å². The van der Waals surface area contributed by atoms with E-state index >= 15 is 0 Å². The average molecular weight is 358 g/mol. The Morgan fingerprint density at radius 3 is 2.88 bits per heavy atom. The Balaban J connectivity index is 1.71. The van der Waals surface area contributed by atoms with E-state index in [9.17, 15) is 9.59 Å². The fourth-order valence-electron chi connectivity index (χ4n) is 4.76. The van der Waals surface area contributed by atoms with Crippen LogP contribution in [0, 0.1) is 19.3 Å². The number of fused-ring (bicyclic) bond motifs is 1. The minimum Gasteiger partial charge on any atom is -0.383 e. The number of carbonyl (C=O) groups excluding carboxylic acids is 2. The Morgan fingerprint density at radius 2 is 2.15 bits per heavy atom. The van der Waals surface area contributed by atoms with Crippen LogP contribution in [-0.2, 0) is 9.53 Å². The van der Waals surface area contributed by atoms with E-state index in [-0.39, 0.29) is 23.3 Å². The van der Waals surface area contributed by atoms with E-state index in [2.05, 4.69) is 5.32 Å². The van der Waals surface area contributed by atoms with Crippen molar-refractivity contribution in [2.75, 3.05) is 26.8 Å². The lowest BCUT2D eigenvalue weighted by atomic mass is 9.74. The summed E-state index contributed by atoms with van der Waals surface area (Å²) >= 11 is 0. The van der Waals surface area contributed by atoms with Crippen molar-refractivity contribution in [3.63, 3.8) is 0 Å². The molecular formula is C21H30N2O3. The zero-order valence-electron chi connectivity index (χ0n) is 16.1. The molecule has 142 valence electrons. The van der Waals surface area contributed by atoms with Crippen LogP contribution in [0.25, 0.3) is 0 Å². The van der Waals surface area contributed by atoms with Crippen LogP contribution >= 0.6 is 0 Å². The van der Waals surface area contributed by atoms with E-state index in [1.54, 1.807) is 7.11 Å². The number of piperidine rings is 1. The number of hydrogen-bond acceptors (Lipinski definition) is 3. The molecule has 2 aliphatic rings. The summed E-state index contributed by atoms with van der Waals surface area (Å²) in [4.78, 5) is 27.1. The topological polar surface area (TPSA) is 58.6 Å². The van der Waals surface area contributed by atoms with Gasteiger partial charge in [-0.25, -0.2) is 0 Å². The van der Waals surface area contributed by atoms with Crippen LogP contribution in [0.15, 0.2) is 18.2 Å². The molecule has 0 unspecified atom stereocenters. The summed E-state index contributed by atoms with van der Waals surface area (Å²) in [5.74, 6) is 0.216. The van der Waals surface area contributed by atoms with Crippen molar-refractivity contribution < 1.29 is 14.3 Å². The molecule has 1 aliphatic carbocycles.